The molecule has 1 fully saturated rings. The second-order valence-electron chi connectivity index (χ2n) is 9.80. The van der Waals surface area contributed by atoms with Gasteiger partial charge in [-0.15, -0.1) is 0 Å². The van der Waals surface area contributed by atoms with Crippen LogP contribution in [0.2, 0.25) is 5.02 Å². The fourth-order valence-corrected chi connectivity index (χ4v) is 5.15. The molecule has 2 unspecified atom stereocenters. The fourth-order valence-electron chi connectivity index (χ4n) is 5.02. The molecular formula is C30H33ClN4O4. The minimum Gasteiger partial charge on any atom is -0.344 e. The topological polar surface area (TPSA) is 98.8 Å². The van der Waals surface area contributed by atoms with Gasteiger partial charge in [-0.05, 0) is 53.9 Å². The van der Waals surface area contributed by atoms with E-state index in [1.54, 1.807) is 30.9 Å². The number of carbonyl (C=O) groups excluding carboxylic acids is 4. The van der Waals surface area contributed by atoms with E-state index in [9.17, 15) is 19.2 Å². The molecule has 9 heteroatoms. The Balaban J connectivity index is 1.63. The van der Waals surface area contributed by atoms with Gasteiger partial charge in [-0.2, -0.15) is 0 Å². The molecular weight excluding hydrogens is 516 g/mol. The van der Waals surface area contributed by atoms with Crippen molar-refractivity contribution in [3.63, 3.8) is 0 Å². The van der Waals surface area contributed by atoms with Gasteiger partial charge >= 0.3 is 0 Å². The zero-order valence-corrected chi connectivity index (χ0v) is 23.3. The number of fused-ring (bicyclic) bond motifs is 1. The first-order valence-electron chi connectivity index (χ1n) is 13.1. The Kier molecular flexibility index (Phi) is 8.55. The van der Waals surface area contributed by atoms with E-state index < -0.39 is 12.1 Å². The van der Waals surface area contributed by atoms with Gasteiger partial charge in [-0.3, -0.25) is 19.2 Å². The second-order valence-corrected chi connectivity index (χ2v) is 10.2. The van der Waals surface area contributed by atoms with Gasteiger partial charge in [0, 0.05) is 37.9 Å². The van der Waals surface area contributed by atoms with Crippen molar-refractivity contribution in [3.05, 3.63) is 70.7 Å². The predicted molar refractivity (Wildman–Crippen MR) is 154 cm³/mol. The van der Waals surface area contributed by atoms with Gasteiger partial charge in [0.15, 0.2) is 0 Å². The van der Waals surface area contributed by atoms with E-state index in [1.165, 1.54) is 11.8 Å². The van der Waals surface area contributed by atoms with Crippen LogP contribution in [0.25, 0.3) is 10.8 Å². The number of hydrogen-bond donors (Lipinski definition) is 2. The predicted octanol–water partition coefficient (Wildman–Crippen LogP) is 4.46. The number of hydrogen-bond acceptors (Lipinski definition) is 4. The number of nitrogens with one attached hydrogen (secondary N) is 2. The number of piperazine rings is 1. The first kappa shape index (κ1) is 28.1. The summed E-state index contributed by atoms with van der Waals surface area (Å²) in [4.78, 5) is 54.9. The average molecular weight is 549 g/mol. The lowest BCUT2D eigenvalue weighted by atomic mass is 9.99. The highest BCUT2D eigenvalue weighted by atomic mass is 35.5. The molecule has 0 aliphatic carbocycles. The molecule has 204 valence electrons. The van der Waals surface area contributed by atoms with Crippen molar-refractivity contribution < 1.29 is 19.2 Å². The first-order chi connectivity index (χ1) is 18.6. The summed E-state index contributed by atoms with van der Waals surface area (Å²) in [5, 5.41) is 8.25. The molecule has 2 N–H and O–H groups in total. The lowest BCUT2D eigenvalue weighted by Crippen LogP contribution is -2.61. The van der Waals surface area contributed by atoms with E-state index in [0.717, 1.165) is 21.9 Å². The summed E-state index contributed by atoms with van der Waals surface area (Å²) in [6.45, 7) is 7.28. The van der Waals surface area contributed by atoms with Gasteiger partial charge in [0.2, 0.25) is 23.6 Å². The highest BCUT2D eigenvalue weighted by Gasteiger charge is 2.39. The minimum atomic E-state index is -0.826. The highest BCUT2D eigenvalue weighted by Crippen LogP contribution is 2.37. The Morgan fingerprint density at radius 1 is 1.08 bits per heavy atom. The molecule has 8 nitrogen and oxygen atoms in total. The van der Waals surface area contributed by atoms with Crippen molar-refractivity contribution in [2.75, 3.05) is 23.3 Å². The van der Waals surface area contributed by atoms with Gasteiger partial charge in [-0.25, -0.2) is 0 Å². The molecule has 1 aliphatic heterocycles. The standard InChI is InChI=1S/C30H33ClN4O4/c1-5-27(37)33-28-18(2)24-9-7-6-8-22(24)17-26(28)35-15-14-34(19(3)29(35)38)30(39)25(32-20(4)36)16-21-10-12-23(31)13-11-21/h6-13,17,19,25H,5,14-16H2,1-4H3,(H,32,36)(H,33,37). The third-order valence-corrected chi connectivity index (χ3v) is 7.38. The van der Waals surface area contributed by atoms with E-state index in [1.807, 2.05) is 49.4 Å². The van der Waals surface area contributed by atoms with Crippen LogP contribution >= 0.6 is 11.6 Å². The van der Waals surface area contributed by atoms with Crippen LogP contribution in [0.4, 0.5) is 11.4 Å². The molecule has 1 aliphatic rings. The normalized spacial score (nSPS) is 16.2. The molecule has 0 aromatic heterocycles. The number of aryl methyl sites for hydroxylation is 1. The van der Waals surface area contributed by atoms with Gasteiger partial charge in [0.05, 0.1) is 11.4 Å². The van der Waals surface area contributed by atoms with E-state index in [0.29, 0.717) is 22.8 Å². The smallest absolute Gasteiger partial charge is 0.249 e. The Hall–Kier alpha value is -3.91. The molecule has 0 saturated carbocycles. The fraction of sp³-hybridized carbons (Fsp3) is 0.333. The number of nitrogens with zero attached hydrogens (tertiary/aromatic N) is 2. The largest absolute Gasteiger partial charge is 0.344 e. The van der Waals surface area contributed by atoms with E-state index in [4.69, 9.17) is 11.6 Å². The first-order valence-corrected chi connectivity index (χ1v) is 13.4. The number of amides is 4. The lowest BCUT2D eigenvalue weighted by Gasteiger charge is -2.41. The van der Waals surface area contributed by atoms with Crippen LogP contribution in [-0.4, -0.2) is 53.7 Å². The Bertz CT molecular complexity index is 1420. The second kappa shape index (κ2) is 11.9. The van der Waals surface area contributed by atoms with Crippen LogP contribution in [0.15, 0.2) is 54.6 Å². The number of rotatable bonds is 7. The van der Waals surface area contributed by atoms with Crippen LogP contribution in [0.5, 0.6) is 0 Å². The average Bonchev–Trinajstić information content (AvgIpc) is 2.92. The van der Waals surface area contributed by atoms with Crippen LogP contribution in [0.3, 0.4) is 0 Å². The van der Waals surface area contributed by atoms with E-state index in [2.05, 4.69) is 10.6 Å². The molecule has 0 spiro atoms. The van der Waals surface area contributed by atoms with Gasteiger partial charge in [-0.1, -0.05) is 54.9 Å². The van der Waals surface area contributed by atoms with Crippen molar-refractivity contribution >= 4 is 57.4 Å². The van der Waals surface area contributed by atoms with Gasteiger partial charge in [0.1, 0.15) is 12.1 Å². The van der Waals surface area contributed by atoms with Crippen LogP contribution in [0, 0.1) is 6.92 Å². The van der Waals surface area contributed by atoms with Crippen molar-refractivity contribution in [1.29, 1.82) is 0 Å². The summed E-state index contributed by atoms with van der Waals surface area (Å²) in [7, 11) is 0. The number of halogens is 1. The number of carbonyl (C=O) groups is 4. The summed E-state index contributed by atoms with van der Waals surface area (Å²) in [5.41, 5.74) is 2.92. The maximum atomic E-state index is 13.8. The molecule has 1 heterocycles. The molecule has 1 saturated heterocycles. The minimum absolute atomic E-state index is 0.149. The number of benzene rings is 3. The SMILES string of the molecule is CCC(=O)Nc1c(N2CCN(C(=O)C(Cc3ccc(Cl)cc3)NC(C)=O)C(C)C2=O)cc2ccccc2c1C. The molecule has 2 atom stereocenters. The van der Waals surface area contributed by atoms with Gasteiger partial charge in [0.25, 0.3) is 0 Å². The molecule has 3 aromatic carbocycles. The maximum absolute atomic E-state index is 13.8. The summed E-state index contributed by atoms with van der Waals surface area (Å²) >= 11 is 5.99. The van der Waals surface area contributed by atoms with E-state index >= 15 is 0 Å². The van der Waals surface area contributed by atoms with Crippen molar-refractivity contribution in [1.82, 2.24) is 10.2 Å². The third-order valence-electron chi connectivity index (χ3n) is 7.13. The molecule has 4 rings (SSSR count). The molecule has 0 radical (unpaired) electrons. The lowest BCUT2D eigenvalue weighted by molar-refractivity contribution is -0.143. The quantitative estimate of drug-likeness (QED) is 0.455. The van der Waals surface area contributed by atoms with Crippen molar-refractivity contribution in [2.24, 2.45) is 0 Å². The van der Waals surface area contributed by atoms with Crippen molar-refractivity contribution in [3.8, 4) is 0 Å². The Morgan fingerprint density at radius 2 is 1.77 bits per heavy atom. The summed E-state index contributed by atoms with van der Waals surface area (Å²) < 4.78 is 0. The molecule has 39 heavy (non-hydrogen) atoms. The third kappa shape index (κ3) is 6.06. The van der Waals surface area contributed by atoms with Crippen LogP contribution in [0.1, 0.15) is 38.3 Å². The Morgan fingerprint density at radius 3 is 2.44 bits per heavy atom. The van der Waals surface area contributed by atoms with Crippen molar-refractivity contribution in [2.45, 2.75) is 52.6 Å². The number of anilines is 2. The summed E-state index contributed by atoms with van der Waals surface area (Å²) in [5.74, 6) is -1.06. The monoisotopic (exact) mass is 548 g/mol. The van der Waals surface area contributed by atoms with Gasteiger partial charge < -0.3 is 20.4 Å². The molecule has 3 aromatic rings. The van der Waals surface area contributed by atoms with Crippen LogP contribution in [-0.2, 0) is 25.6 Å². The highest BCUT2D eigenvalue weighted by molar-refractivity contribution is 6.30. The Labute approximate surface area is 233 Å². The maximum Gasteiger partial charge on any atom is 0.249 e. The zero-order valence-electron chi connectivity index (χ0n) is 22.6. The van der Waals surface area contributed by atoms with E-state index in [-0.39, 0.29) is 43.1 Å². The summed E-state index contributed by atoms with van der Waals surface area (Å²) in [6.07, 6.45) is 0.574. The zero-order chi connectivity index (χ0) is 28.3. The van der Waals surface area contributed by atoms with Crippen LogP contribution < -0.4 is 15.5 Å². The molecule has 4 amide bonds. The summed E-state index contributed by atoms with van der Waals surface area (Å²) in [6, 6.07) is 15.2. The molecule has 0 bridgehead atoms.